The van der Waals surface area contributed by atoms with Crippen LogP contribution in [0.1, 0.15) is 24.1 Å². The van der Waals surface area contributed by atoms with Crippen LogP contribution in [0.25, 0.3) is 5.69 Å². The molecule has 1 fully saturated rings. The number of benzene rings is 1. The van der Waals surface area contributed by atoms with Crippen LogP contribution in [0.2, 0.25) is 0 Å². The molecule has 1 unspecified atom stereocenters. The van der Waals surface area contributed by atoms with Crippen LogP contribution < -0.4 is 5.56 Å². The van der Waals surface area contributed by atoms with Crippen molar-refractivity contribution in [2.75, 3.05) is 13.2 Å². The number of amides is 1. The summed E-state index contributed by atoms with van der Waals surface area (Å²) in [5, 5.41) is 3.18. The minimum absolute atomic E-state index is 0.0139. The van der Waals surface area contributed by atoms with E-state index in [9.17, 15) is 9.59 Å². The van der Waals surface area contributed by atoms with Gasteiger partial charge in [0.2, 0.25) is 0 Å². The van der Waals surface area contributed by atoms with Gasteiger partial charge >= 0.3 is 0 Å². The summed E-state index contributed by atoms with van der Waals surface area (Å²) in [5.41, 5.74) is 2.35. The van der Waals surface area contributed by atoms with Gasteiger partial charge in [0.05, 0.1) is 17.8 Å². The number of para-hydroxylation sites is 1. The van der Waals surface area contributed by atoms with Gasteiger partial charge < -0.3 is 9.64 Å². The zero-order valence-electron chi connectivity index (χ0n) is 12.8. The summed E-state index contributed by atoms with van der Waals surface area (Å²) in [7, 11) is 0. The molecular formula is C17H19N3O3. The second-order valence-electron chi connectivity index (χ2n) is 6.06. The molecule has 1 aromatic heterocycles. The molecule has 0 aliphatic carbocycles. The van der Waals surface area contributed by atoms with Gasteiger partial charge in [-0.15, -0.1) is 0 Å². The molecule has 4 rings (SSSR count). The molecule has 1 N–H and O–H groups in total. The van der Waals surface area contributed by atoms with Gasteiger partial charge in [-0.05, 0) is 25.0 Å². The quantitative estimate of drug-likeness (QED) is 0.907. The average Bonchev–Trinajstić information content (AvgIpc) is 3.23. The summed E-state index contributed by atoms with van der Waals surface area (Å²) < 4.78 is 7.04. The maximum absolute atomic E-state index is 12.7. The molecule has 120 valence electrons. The van der Waals surface area contributed by atoms with Crippen LogP contribution in [0, 0.1) is 0 Å². The van der Waals surface area contributed by atoms with E-state index in [1.165, 1.54) is 0 Å². The van der Waals surface area contributed by atoms with Gasteiger partial charge in [-0.3, -0.25) is 14.7 Å². The first kappa shape index (κ1) is 14.3. The maximum Gasteiger partial charge on any atom is 0.276 e. The topological polar surface area (TPSA) is 67.3 Å². The number of rotatable bonds is 2. The first-order chi connectivity index (χ1) is 11.2. The Morgan fingerprint density at radius 3 is 2.83 bits per heavy atom. The van der Waals surface area contributed by atoms with Crippen LogP contribution in [0.3, 0.4) is 0 Å². The van der Waals surface area contributed by atoms with Gasteiger partial charge in [-0.2, -0.15) is 0 Å². The third-order valence-electron chi connectivity index (χ3n) is 4.58. The number of nitrogens with one attached hydrogen (secondary N) is 1. The summed E-state index contributed by atoms with van der Waals surface area (Å²) in [6, 6.07) is 9.49. The van der Waals surface area contributed by atoms with Crippen molar-refractivity contribution in [3.8, 4) is 5.69 Å². The minimum Gasteiger partial charge on any atom is -0.368 e. The lowest BCUT2D eigenvalue weighted by molar-refractivity contribution is -0.141. The molecule has 1 saturated heterocycles. The summed E-state index contributed by atoms with van der Waals surface area (Å²) in [6.45, 7) is 1.64. The molecule has 2 aliphatic heterocycles. The van der Waals surface area contributed by atoms with Crippen LogP contribution in [-0.2, 0) is 22.5 Å². The molecule has 6 nitrogen and oxygen atoms in total. The van der Waals surface area contributed by atoms with Gasteiger partial charge in [0.1, 0.15) is 6.10 Å². The zero-order chi connectivity index (χ0) is 15.8. The van der Waals surface area contributed by atoms with Gasteiger partial charge in [-0.1, -0.05) is 18.2 Å². The lowest BCUT2D eigenvalue weighted by Crippen LogP contribution is -2.42. The molecule has 0 saturated carbocycles. The molecule has 0 bridgehead atoms. The fourth-order valence-electron chi connectivity index (χ4n) is 3.33. The van der Waals surface area contributed by atoms with Crippen molar-refractivity contribution in [2.45, 2.75) is 31.9 Å². The number of aromatic nitrogens is 2. The van der Waals surface area contributed by atoms with E-state index in [2.05, 4.69) is 5.10 Å². The number of carbonyl (C=O) groups excluding carboxylic acids is 1. The van der Waals surface area contributed by atoms with E-state index in [4.69, 9.17) is 4.74 Å². The molecule has 23 heavy (non-hydrogen) atoms. The number of hydrogen-bond donors (Lipinski definition) is 1. The monoisotopic (exact) mass is 313 g/mol. The van der Waals surface area contributed by atoms with Crippen molar-refractivity contribution in [2.24, 2.45) is 0 Å². The zero-order valence-corrected chi connectivity index (χ0v) is 12.8. The largest absolute Gasteiger partial charge is 0.368 e. The smallest absolute Gasteiger partial charge is 0.276 e. The third-order valence-corrected chi connectivity index (χ3v) is 4.58. The van der Waals surface area contributed by atoms with Crippen molar-refractivity contribution >= 4 is 5.91 Å². The molecule has 0 radical (unpaired) electrons. The highest BCUT2D eigenvalue weighted by Crippen LogP contribution is 2.20. The third kappa shape index (κ3) is 2.49. The van der Waals surface area contributed by atoms with E-state index in [1.54, 1.807) is 9.58 Å². The van der Waals surface area contributed by atoms with Crippen molar-refractivity contribution in [1.82, 2.24) is 14.7 Å². The first-order valence-corrected chi connectivity index (χ1v) is 8.02. The Balaban J connectivity index is 1.61. The number of hydrogen-bond acceptors (Lipinski definition) is 3. The molecule has 1 atom stereocenters. The Hall–Kier alpha value is -2.34. The number of H-pyrrole nitrogens is 1. The Bertz CT molecular complexity index is 772. The Morgan fingerprint density at radius 1 is 1.26 bits per heavy atom. The standard InChI is InChI=1S/C17H19N3O3/c21-16-13-11-19(17(22)15-7-4-10-23-15)9-8-14(13)18-20(16)12-5-2-1-3-6-12/h1-3,5-6,15,18H,4,7-11H2. The predicted octanol–water partition coefficient (Wildman–Crippen LogP) is 1.23. The molecule has 3 heterocycles. The Labute approximate surface area is 133 Å². The fraction of sp³-hybridized carbons (Fsp3) is 0.412. The molecule has 0 spiro atoms. The summed E-state index contributed by atoms with van der Waals surface area (Å²) in [5.74, 6) is 0.0139. The predicted molar refractivity (Wildman–Crippen MR) is 84.5 cm³/mol. The van der Waals surface area contributed by atoms with Crippen LogP contribution >= 0.6 is 0 Å². The van der Waals surface area contributed by atoms with Crippen LogP contribution in [0.4, 0.5) is 0 Å². The van der Waals surface area contributed by atoms with E-state index < -0.39 is 0 Å². The maximum atomic E-state index is 12.7. The number of ether oxygens (including phenoxy) is 1. The lowest BCUT2D eigenvalue weighted by atomic mass is 10.1. The fourth-order valence-corrected chi connectivity index (χ4v) is 3.33. The van der Waals surface area contributed by atoms with Gasteiger partial charge in [0, 0.05) is 25.3 Å². The summed E-state index contributed by atoms with van der Waals surface area (Å²) in [4.78, 5) is 26.9. The van der Waals surface area contributed by atoms with Crippen LogP contribution in [0.5, 0.6) is 0 Å². The number of aromatic amines is 1. The highest BCUT2D eigenvalue weighted by atomic mass is 16.5. The van der Waals surface area contributed by atoms with Crippen LogP contribution in [0.15, 0.2) is 35.1 Å². The van der Waals surface area contributed by atoms with Gasteiger partial charge in [0.25, 0.3) is 11.5 Å². The van der Waals surface area contributed by atoms with E-state index in [0.29, 0.717) is 31.7 Å². The van der Waals surface area contributed by atoms with Gasteiger partial charge in [0.15, 0.2) is 0 Å². The van der Waals surface area contributed by atoms with Crippen molar-refractivity contribution in [3.05, 3.63) is 51.9 Å². The Kier molecular flexibility index (Phi) is 3.53. The average molecular weight is 313 g/mol. The summed E-state index contributed by atoms with van der Waals surface area (Å²) >= 11 is 0. The summed E-state index contributed by atoms with van der Waals surface area (Å²) in [6.07, 6.45) is 2.05. The molecule has 2 aromatic rings. The van der Waals surface area contributed by atoms with E-state index in [0.717, 1.165) is 24.2 Å². The number of nitrogens with zero attached hydrogens (tertiary/aromatic N) is 2. The van der Waals surface area contributed by atoms with Crippen molar-refractivity contribution < 1.29 is 9.53 Å². The highest BCUT2D eigenvalue weighted by Gasteiger charge is 2.32. The normalized spacial score (nSPS) is 20.5. The van der Waals surface area contributed by atoms with E-state index in [-0.39, 0.29) is 17.6 Å². The minimum atomic E-state index is -0.327. The van der Waals surface area contributed by atoms with Crippen molar-refractivity contribution in [3.63, 3.8) is 0 Å². The second-order valence-corrected chi connectivity index (χ2v) is 6.06. The van der Waals surface area contributed by atoms with Crippen molar-refractivity contribution in [1.29, 1.82) is 0 Å². The van der Waals surface area contributed by atoms with E-state index in [1.807, 2.05) is 30.3 Å². The van der Waals surface area contributed by atoms with E-state index >= 15 is 0 Å². The highest BCUT2D eigenvalue weighted by molar-refractivity contribution is 5.81. The first-order valence-electron chi connectivity index (χ1n) is 8.02. The molecular weight excluding hydrogens is 294 g/mol. The van der Waals surface area contributed by atoms with Gasteiger partial charge in [-0.25, -0.2) is 4.68 Å². The SMILES string of the molecule is O=C(C1CCCO1)N1CCc2[nH]n(-c3ccccc3)c(=O)c2C1. The second kappa shape index (κ2) is 5.70. The number of carbonyl (C=O) groups is 1. The Morgan fingerprint density at radius 2 is 2.09 bits per heavy atom. The molecule has 6 heteroatoms. The molecule has 1 amide bonds. The number of fused-ring (bicyclic) bond motifs is 1. The lowest BCUT2D eigenvalue weighted by Gasteiger charge is -2.28. The molecule has 2 aliphatic rings. The van der Waals surface area contributed by atoms with Crippen LogP contribution in [-0.4, -0.2) is 39.8 Å². The molecule has 1 aromatic carbocycles.